The SMILES string of the molecule is C[C@H](Cc1c[nH]c2c(OS(C)(=O)=O)cccc12)NC[C@H](O)c1cccc(N(C)S(=O)(=O)c2ccccc2)c1. The lowest BCUT2D eigenvalue weighted by molar-refractivity contribution is 0.170. The number of hydrogen-bond acceptors (Lipinski definition) is 7. The van der Waals surface area contributed by atoms with E-state index in [1.165, 1.54) is 11.4 Å². The first-order chi connectivity index (χ1) is 18.0. The maximum Gasteiger partial charge on any atom is 0.306 e. The molecule has 4 aromatic rings. The standard InChI is InChI=1S/C27H31N3O6S2/c1-19(15-21-17-29-27-24(21)13-8-14-26(27)36-37(3,32)33)28-18-25(31)20-9-7-10-22(16-20)30(2)38(34,35)23-11-5-4-6-12-23/h4-14,16-17,19,25,28-29,31H,15,18H2,1-3H3/t19-,25+/m1/s1. The molecule has 2 atom stereocenters. The molecular weight excluding hydrogens is 526 g/mol. The number of hydrogen-bond donors (Lipinski definition) is 3. The molecule has 0 unspecified atom stereocenters. The van der Waals surface area contributed by atoms with Crippen LogP contribution in [0.2, 0.25) is 0 Å². The number of H-pyrrole nitrogens is 1. The Labute approximate surface area is 223 Å². The van der Waals surface area contributed by atoms with Crippen molar-refractivity contribution in [3.8, 4) is 5.75 Å². The second kappa shape index (κ2) is 11.2. The van der Waals surface area contributed by atoms with Crippen molar-refractivity contribution in [1.82, 2.24) is 10.3 Å². The van der Waals surface area contributed by atoms with Gasteiger partial charge in [0.2, 0.25) is 0 Å². The smallest absolute Gasteiger partial charge is 0.306 e. The minimum absolute atomic E-state index is 0.0209. The van der Waals surface area contributed by atoms with Crippen molar-refractivity contribution in [2.45, 2.75) is 30.4 Å². The summed E-state index contributed by atoms with van der Waals surface area (Å²) in [6, 6.07) is 20.2. The summed E-state index contributed by atoms with van der Waals surface area (Å²) < 4.78 is 55.4. The number of nitrogens with one attached hydrogen (secondary N) is 2. The lowest BCUT2D eigenvalue weighted by Crippen LogP contribution is -2.32. The zero-order valence-electron chi connectivity index (χ0n) is 21.3. The van der Waals surface area contributed by atoms with Gasteiger partial charge in [0, 0.05) is 31.2 Å². The summed E-state index contributed by atoms with van der Waals surface area (Å²) in [5.74, 6) is 0.242. The van der Waals surface area contributed by atoms with Crippen LogP contribution in [0.4, 0.5) is 5.69 Å². The van der Waals surface area contributed by atoms with E-state index in [2.05, 4.69) is 10.3 Å². The van der Waals surface area contributed by atoms with Crippen molar-refractivity contribution in [3.05, 3.63) is 90.1 Å². The Morgan fingerprint density at radius 1 is 1.00 bits per heavy atom. The topological polar surface area (TPSA) is 129 Å². The first-order valence-corrected chi connectivity index (χ1v) is 15.2. The predicted molar refractivity (Wildman–Crippen MR) is 148 cm³/mol. The number of aromatic amines is 1. The van der Waals surface area contributed by atoms with Crippen LogP contribution in [0, 0.1) is 0 Å². The van der Waals surface area contributed by atoms with Crippen LogP contribution in [0.5, 0.6) is 5.75 Å². The maximum atomic E-state index is 13.0. The van der Waals surface area contributed by atoms with Gasteiger partial charge in [-0.3, -0.25) is 4.31 Å². The summed E-state index contributed by atoms with van der Waals surface area (Å²) in [6.45, 7) is 2.24. The van der Waals surface area contributed by atoms with Crippen LogP contribution in [-0.4, -0.2) is 52.8 Å². The number of aliphatic hydroxyl groups excluding tert-OH is 1. The van der Waals surface area contributed by atoms with Gasteiger partial charge in [-0.15, -0.1) is 0 Å². The Hall–Kier alpha value is -3.38. The van der Waals surface area contributed by atoms with Gasteiger partial charge in [0.15, 0.2) is 5.75 Å². The van der Waals surface area contributed by atoms with Crippen LogP contribution in [-0.2, 0) is 26.6 Å². The summed E-state index contributed by atoms with van der Waals surface area (Å²) in [5, 5.41) is 15.0. The fraction of sp³-hybridized carbons (Fsp3) is 0.259. The van der Waals surface area contributed by atoms with Crippen molar-refractivity contribution >= 4 is 36.7 Å². The fourth-order valence-electron chi connectivity index (χ4n) is 4.24. The number of anilines is 1. The second-order valence-corrected chi connectivity index (χ2v) is 12.7. The number of fused-ring (bicyclic) bond motifs is 1. The van der Waals surface area contributed by atoms with Gasteiger partial charge in [-0.1, -0.05) is 42.5 Å². The summed E-state index contributed by atoms with van der Waals surface area (Å²) in [5.41, 5.74) is 2.62. The van der Waals surface area contributed by atoms with E-state index in [0.717, 1.165) is 17.2 Å². The van der Waals surface area contributed by atoms with Gasteiger partial charge in [-0.25, -0.2) is 8.42 Å². The van der Waals surface area contributed by atoms with Crippen molar-refractivity contribution in [2.24, 2.45) is 0 Å². The summed E-state index contributed by atoms with van der Waals surface area (Å²) in [4.78, 5) is 3.29. The number of rotatable bonds is 11. The molecule has 3 N–H and O–H groups in total. The van der Waals surface area contributed by atoms with E-state index in [1.54, 1.807) is 66.7 Å². The normalized spacial score (nSPS) is 13.8. The van der Waals surface area contributed by atoms with E-state index in [9.17, 15) is 21.9 Å². The monoisotopic (exact) mass is 557 g/mol. The van der Waals surface area contributed by atoms with Crippen molar-refractivity contribution < 1.29 is 26.1 Å². The lowest BCUT2D eigenvalue weighted by Gasteiger charge is -2.22. The molecule has 0 amide bonds. The molecule has 0 bridgehead atoms. The predicted octanol–water partition coefficient (Wildman–Crippen LogP) is 3.59. The van der Waals surface area contributed by atoms with Gasteiger partial charge >= 0.3 is 10.1 Å². The van der Waals surface area contributed by atoms with Gasteiger partial charge in [0.25, 0.3) is 10.0 Å². The molecule has 0 radical (unpaired) electrons. The highest BCUT2D eigenvalue weighted by molar-refractivity contribution is 7.92. The Morgan fingerprint density at radius 3 is 2.42 bits per heavy atom. The molecule has 0 spiro atoms. The number of para-hydroxylation sites is 1. The molecule has 38 heavy (non-hydrogen) atoms. The number of aliphatic hydroxyl groups is 1. The number of nitrogens with zero attached hydrogens (tertiary/aromatic N) is 1. The van der Waals surface area contributed by atoms with Crippen LogP contribution in [0.15, 0.2) is 83.9 Å². The minimum atomic E-state index is -3.73. The zero-order chi connectivity index (χ0) is 27.5. The third kappa shape index (κ3) is 6.36. The first-order valence-electron chi connectivity index (χ1n) is 12.0. The molecule has 0 aliphatic heterocycles. The molecule has 1 heterocycles. The minimum Gasteiger partial charge on any atom is -0.387 e. The van der Waals surface area contributed by atoms with Gasteiger partial charge in [0.05, 0.1) is 28.5 Å². The summed E-state index contributed by atoms with van der Waals surface area (Å²) in [6.07, 6.45) is 2.58. The molecule has 0 fully saturated rings. The second-order valence-electron chi connectivity index (χ2n) is 9.19. The van der Waals surface area contributed by atoms with Crippen molar-refractivity contribution in [3.63, 3.8) is 0 Å². The molecule has 1 aromatic heterocycles. The Balaban J connectivity index is 1.41. The van der Waals surface area contributed by atoms with E-state index in [4.69, 9.17) is 4.18 Å². The molecule has 11 heteroatoms. The molecule has 0 aliphatic rings. The van der Waals surface area contributed by atoms with Crippen LogP contribution < -0.4 is 13.8 Å². The fourth-order valence-corrected chi connectivity index (χ4v) is 5.91. The molecular formula is C27H31N3O6S2. The molecule has 0 saturated heterocycles. The molecule has 3 aromatic carbocycles. The average Bonchev–Trinajstić information content (AvgIpc) is 3.30. The van der Waals surface area contributed by atoms with Crippen LogP contribution in [0.25, 0.3) is 10.9 Å². The van der Waals surface area contributed by atoms with Gasteiger partial charge in [-0.2, -0.15) is 8.42 Å². The largest absolute Gasteiger partial charge is 0.387 e. The molecule has 9 nitrogen and oxygen atoms in total. The van der Waals surface area contributed by atoms with Gasteiger partial charge in [0.1, 0.15) is 0 Å². The highest BCUT2D eigenvalue weighted by atomic mass is 32.2. The molecule has 0 aliphatic carbocycles. The third-order valence-electron chi connectivity index (χ3n) is 6.21. The maximum absolute atomic E-state index is 13.0. The quantitative estimate of drug-likeness (QED) is 0.240. The summed E-state index contributed by atoms with van der Waals surface area (Å²) >= 11 is 0. The van der Waals surface area contributed by atoms with E-state index >= 15 is 0 Å². The molecule has 0 saturated carbocycles. The Morgan fingerprint density at radius 2 is 1.71 bits per heavy atom. The third-order valence-corrected chi connectivity index (χ3v) is 8.49. The van der Waals surface area contributed by atoms with E-state index in [-0.39, 0.29) is 23.2 Å². The average molecular weight is 558 g/mol. The van der Waals surface area contributed by atoms with Crippen molar-refractivity contribution in [1.29, 1.82) is 0 Å². The Bertz CT molecular complexity index is 1620. The van der Waals surface area contributed by atoms with Gasteiger partial charge in [-0.05, 0) is 54.8 Å². The number of benzene rings is 3. The molecule has 4 rings (SSSR count). The van der Waals surface area contributed by atoms with Crippen LogP contribution >= 0.6 is 0 Å². The number of sulfonamides is 1. The van der Waals surface area contributed by atoms with E-state index in [0.29, 0.717) is 23.2 Å². The highest BCUT2D eigenvalue weighted by Crippen LogP contribution is 2.29. The van der Waals surface area contributed by atoms with Crippen LogP contribution in [0.1, 0.15) is 24.2 Å². The lowest BCUT2D eigenvalue weighted by atomic mass is 10.0. The highest BCUT2D eigenvalue weighted by Gasteiger charge is 2.22. The summed E-state index contributed by atoms with van der Waals surface area (Å²) in [7, 11) is -5.90. The van der Waals surface area contributed by atoms with E-state index in [1.807, 2.05) is 19.2 Å². The van der Waals surface area contributed by atoms with Crippen molar-refractivity contribution in [2.75, 3.05) is 24.2 Å². The van der Waals surface area contributed by atoms with Crippen LogP contribution in [0.3, 0.4) is 0 Å². The number of aromatic nitrogens is 1. The van der Waals surface area contributed by atoms with E-state index < -0.39 is 26.2 Å². The first kappa shape index (κ1) is 27.6. The Kier molecular flexibility index (Phi) is 8.12. The van der Waals surface area contributed by atoms with Gasteiger partial charge < -0.3 is 19.6 Å². The zero-order valence-corrected chi connectivity index (χ0v) is 23.0. The molecule has 202 valence electrons.